The number of halogens is 1. The van der Waals surface area contributed by atoms with E-state index >= 15 is 0 Å². The molecule has 1 aliphatic rings. The number of carbonyl (C=O) groups excluding carboxylic acids is 1. The monoisotopic (exact) mass is 444 g/mol. The molecule has 2 N–H and O–H groups in total. The molecule has 9 heteroatoms. The third-order valence-corrected chi connectivity index (χ3v) is 6.86. The van der Waals surface area contributed by atoms with Crippen LogP contribution in [0.25, 0.3) is 0 Å². The number of aryl methyl sites for hydroxylation is 2. The Hall–Kier alpha value is -2.84. The maximum Gasteiger partial charge on any atom is 0.262 e. The zero-order valence-corrected chi connectivity index (χ0v) is 18.0. The van der Waals surface area contributed by atoms with Crippen molar-refractivity contribution in [3.63, 3.8) is 0 Å². The minimum atomic E-state index is -3.85. The van der Waals surface area contributed by atoms with Crippen LogP contribution in [0.15, 0.2) is 59.8 Å². The zero-order valence-electron chi connectivity index (χ0n) is 16.5. The smallest absolute Gasteiger partial charge is 0.262 e. The number of benzene rings is 2. The van der Waals surface area contributed by atoms with Gasteiger partial charge in [-0.1, -0.05) is 23.7 Å². The predicted molar refractivity (Wildman–Crippen MR) is 116 cm³/mol. The second-order valence-corrected chi connectivity index (χ2v) is 9.57. The molecule has 1 heterocycles. The van der Waals surface area contributed by atoms with Gasteiger partial charge in [0.2, 0.25) is 5.91 Å². The lowest BCUT2D eigenvalue weighted by Gasteiger charge is -2.13. The quantitative estimate of drug-likeness (QED) is 0.602. The topological polar surface area (TPSA) is 93.1 Å². The number of nitrogens with zero attached hydrogens (tertiary/aromatic N) is 2. The summed E-state index contributed by atoms with van der Waals surface area (Å²) >= 11 is 5.94. The van der Waals surface area contributed by atoms with Gasteiger partial charge in [-0.15, -0.1) is 0 Å². The molecule has 1 saturated carbocycles. The summed E-state index contributed by atoms with van der Waals surface area (Å²) in [6.45, 7) is 1.71. The fourth-order valence-electron chi connectivity index (χ4n) is 3.45. The fourth-order valence-corrected chi connectivity index (χ4v) is 4.96. The van der Waals surface area contributed by atoms with E-state index in [2.05, 4.69) is 15.1 Å². The third kappa shape index (κ3) is 4.34. The molecule has 0 bridgehead atoms. The lowest BCUT2D eigenvalue weighted by molar-refractivity contribution is -0.117. The SMILES string of the molecule is Cc1ccc(NC(=O)C2CC2c2cnn(C)c2)cc1S(=O)(=O)Nc1cccc(Cl)c1. The molecule has 1 fully saturated rings. The minimum absolute atomic E-state index is 0.0971. The van der Waals surface area contributed by atoms with Gasteiger partial charge in [0.25, 0.3) is 10.0 Å². The van der Waals surface area contributed by atoms with Crippen LogP contribution in [-0.4, -0.2) is 24.1 Å². The summed E-state index contributed by atoms with van der Waals surface area (Å²) in [5.41, 5.74) is 2.42. The number of sulfonamides is 1. The van der Waals surface area contributed by atoms with Crippen molar-refractivity contribution in [2.45, 2.75) is 24.2 Å². The van der Waals surface area contributed by atoms with Gasteiger partial charge in [0, 0.05) is 29.9 Å². The maximum absolute atomic E-state index is 12.9. The molecule has 0 aliphatic heterocycles. The first kappa shape index (κ1) is 20.4. The number of rotatable bonds is 6. The van der Waals surface area contributed by atoms with Gasteiger partial charge in [-0.3, -0.25) is 14.2 Å². The maximum atomic E-state index is 12.9. The largest absolute Gasteiger partial charge is 0.326 e. The van der Waals surface area contributed by atoms with Crippen molar-refractivity contribution in [3.05, 3.63) is 71.0 Å². The summed E-state index contributed by atoms with van der Waals surface area (Å²) < 4.78 is 30.0. The summed E-state index contributed by atoms with van der Waals surface area (Å²) in [5.74, 6) is -0.115. The molecule has 0 radical (unpaired) electrons. The molecule has 1 amide bonds. The second kappa shape index (κ2) is 7.77. The Morgan fingerprint density at radius 2 is 2.00 bits per heavy atom. The number of carbonyl (C=O) groups is 1. The molecule has 2 aromatic carbocycles. The summed E-state index contributed by atoms with van der Waals surface area (Å²) in [5, 5.41) is 7.42. The van der Waals surface area contributed by atoms with Crippen molar-refractivity contribution in [2.24, 2.45) is 13.0 Å². The van der Waals surface area contributed by atoms with E-state index in [1.165, 1.54) is 12.1 Å². The van der Waals surface area contributed by atoms with Crippen LogP contribution >= 0.6 is 11.6 Å². The zero-order chi connectivity index (χ0) is 21.5. The first-order chi connectivity index (χ1) is 14.2. The Bertz CT molecular complexity index is 1220. The highest BCUT2D eigenvalue weighted by molar-refractivity contribution is 7.92. The molecule has 3 aromatic rings. The molecule has 1 aliphatic carbocycles. The van der Waals surface area contributed by atoms with Crippen LogP contribution in [0.2, 0.25) is 5.02 Å². The van der Waals surface area contributed by atoms with Gasteiger partial charge in [-0.25, -0.2) is 8.42 Å². The Kier molecular flexibility index (Phi) is 5.29. The van der Waals surface area contributed by atoms with Crippen LogP contribution in [-0.2, 0) is 21.9 Å². The van der Waals surface area contributed by atoms with Gasteiger partial charge >= 0.3 is 0 Å². The average molecular weight is 445 g/mol. The lowest BCUT2D eigenvalue weighted by atomic mass is 10.2. The number of hydrogen-bond donors (Lipinski definition) is 2. The van der Waals surface area contributed by atoms with E-state index in [0.717, 1.165) is 12.0 Å². The standard InChI is InChI=1S/C21H21ClN4O3S/c1-13-6-7-16(24-21(27)19-10-18(19)14-11-23-26(2)12-14)9-20(13)30(28,29)25-17-5-3-4-15(22)8-17/h3-9,11-12,18-19,25H,10H2,1-2H3,(H,24,27). The number of anilines is 2. The summed E-state index contributed by atoms with van der Waals surface area (Å²) in [4.78, 5) is 12.7. The van der Waals surface area contributed by atoms with Crippen LogP contribution in [0, 0.1) is 12.8 Å². The molecule has 0 spiro atoms. The fraction of sp³-hybridized carbons (Fsp3) is 0.238. The molecule has 30 heavy (non-hydrogen) atoms. The van der Waals surface area contributed by atoms with Gasteiger partial charge in [0.05, 0.1) is 16.8 Å². The second-order valence-electron chi connectivity index (χ2n) is 7.48. The average Bonchev–Trinajstić information content (AvgIpc) is 3.37. The number of hydrogen-bond acceptors (Lipinski definition) is 4. The number of nitrogens with one attached hydrogen (secondary N) is 2. The molecule has 4 rings (SSSR count). The predicted octanol–water partition coefficient (Wildman–Crippen LogP) is 3.92. The molecular weight excluding hydrogens is 424 g/mol. The Balaban J connectivity index is 1.50. The third-order valence-electron chi connectivity index (χ3n) is 5.10. The molecule has 2 atom stereocenters. The van der Waals surface area contributed by atoms with E-state index < -0.39 is 10.0 Å². The highest BCUT2D eigenvalue weighted by Crippen LogP contribution is 2.47. The van der Waals surface area contributed by atoms with E-state index in [4.69, 9.17) is 11.6 Å². The van der Waals surface area contributed by atoms with E-state index in [1.807, 2.05) is 13.2 Å². The van der Waals surface area contributed by atoms with Crippen molar-refractivity contribution in [1.82, 2.24) is 9.78 Å². The van der Waals surface area contributed by atoms with Gasteiger partial charge in [-0.05, 0) is 60.7 Å². The Morgan fingerprint density at radius 1 is 1.20 bits per heavy atom. The van der Waals surface area contributed by atoms with Gasteiger partial charge in [0.1, 0.15) is 0 Å². The van der Waals surface area contributed by atoms with Crippen LogP contribution in [0.3, 0.4) is 0 Å². The van der Waals surface area contributed by atoms with Crippen LogP contribution < -0.4 is 10.0 Å². The first-order valence-corrected chi connectivity index (χ1v) is 11.3. The van der Waals surface area contributed by atoms with Crippen molar-refractivity contribution in [2.75, 3.05) is 10.0 Å². The first-order valence-electron chi connectivity index (χ1n) is 9.41. The Labute approximate surface area is 180 Å². The van der Waals surface area contributed by atoms with Gasteiger partial charge < -0.3 is 5.32 Å². The number of amides is 1. The van der Waals surface area contributed by atoms with Gasteiger partial charge in [-0.2, -0.15) is 5.10 Å². The van der Waals surface area contributed by atoms with E-state index in [0.29, 0.717) is 22.0 Å². The van der Waals surface area contributed by atoms with Crippen LogP contribution in [0.4, 0.5) is 11.4 Å². The highest BCUT2D eigenvalue weighted by atomic mass is 35.5. The number of aromatic nitrogens is 2. The molecule has 7 nitrogen and oxygen atoms in total. The highest BCUT2D eigenvalue weighted by Gasteiger charge is 2.44. The van der Waals surface area contributed by atoms with Crippen molar-refractivity contribution >= 4 is 38.9 Å². The normalized spacial score (nSPS) is 18.1. The molecule has 0 saturated heterocycles. The van der Waals surface area contributed by atoms with Crippen LogP contribution in [0.1, 0.15) is 23.5 Å². The lowest BCUT2D eigenvalue weighted by Crippen LogP contribution is -2.17. The molecule has 1 aromatic heterocycles. The van der Waals surface area contributed by atoms with Crippen molar-refractivity contribution < 1.29 is 13.2 Å². The summed E-state index contributed by atoms with van der Waals surface area (Å²) in [6.07, 6.45) is 4.44. The minimum Gasteiger partial charge on any atom is -0.326 e. The van der Waals surface area contributed by atoms with E-state index in [1.54, 1.807) is 48.1 Å². The summed E-state index contributed by atoms with van der Waals surface area (Å²) in [6, 6.07) is 11.3. The molecule has 2 unspecified atom stereocenters. The van der Waals surface area contributed by atoms with Crippen molar-refractivity contribution in [3.8, 4) is 0 Å². The van der Waals surface area contributed by atoms with Crippen molar-refractivity contribution in [1.29, 1.82) is 0 Å². The van der Waals surface area contributed by atoms with Crippen LogP contribution in [0.5, 0.6) is 0 Å². The van der Waals surface area contributed by atoms with E-state index in [-0.39, 0.29) is 22.6 Å². The molecule has 156 valence electrons. The summed E-state index contributed by atoms with van der Waals surface area (Å²) in [7, 11) is -2.01. The molecular formula is C21H21ClN4O3S. The Morgan fingerprint density at radius 3 is 2.70 bits per heavy atom. The van der Waals surface area contributed by atoms with E-state index in [9.17, 15) is 13.2 Å². The van der Waals surface area contributed by atoms with Gasteiger partial charge in [0.15, 0.2) is 0 Å².